The highest BCUT2D eigenvalue weighted by atomic mass is 32.1. The van der Waals surface area contributed by atoms with Crippen molar-refractivity contribution >= 4 is 21.6 Å². The van der Waals surface area contributed by atoms with Gasteiger partial charge in [-0.1, -0.05) is 13.8 Å². The van der Waals surface area contributed by atoms with Crippen molar-refractivity contribution in [2.45, 2.75) is 95.3 Å². The van der Waals surface area contributed by atoms with Gasteiger partial charge < -0.3 is 14.6 Å². The quantitative estimate of drug-likeness (QED) is 0.611. The Morgan fingerprint density at radius 3 is 2.75 bits per heavy atom. The molecule has 2 aliphatic carbocycles. The number of aromatic nitrogens is 1. The fourth-order valence-electron chi connectivity index (χ4n) is 6.32. The van der Waals surface area contributed by atoms with E-state index in [1.165, 1.54) is 35.1 Å². The predicted octanol–water partition coefficient (Wildman–Crippen LogP) is 5.29. The zero-order valence-corrected chi connectivity index (χ0v) is 20.5. The minimum absolute atomic E-state index is 0.220. The number of aliphatic hydroxyl groups is 1. The van der Waals surface area contributed by atoms with Gasteiger partial charge in [-0.05, 0) is 75.3 Å². The lowest BCUT2D eigenvalue weighted by Gasteiger charge is -2.49. The molecular formula is C26H38N2O3S. The first-order valence-corrected chi connectivity index (χ1v) is 13.5. The summed E-state index contributed by atoms with van der Waals surface area (Å²) in [6, 6.07) is 2.07. The number of ether oxygens (including phenoxy) is 2. The third-order valence-electron chi connectivity index (χ3n) is 8.32. The zero-order valence-electron chi connectivity index (χ0n) is 19.6. The van der Waals surface area contributed by atoms with Gasteiger partial charge in [0.05, 0.1) is 30.8 Å². The van der Waals surface area contributed by atoms with Crippen LogP contribution in [0, 0.1) is 0 Å². The van der Waals surface area contributed by atoms with E-state index < -0.39 is 0 Å². The minimum atomic E-state index is -0.220. The summed E-state index contributed by atoms with van der Waals surface area (Å²) in [5, 5.41) is 11.5. The van der Waals surface area contributed by atoms with Crippen LogP contribution in [0.4, 0.5) is 0 Å². The lowest BCUT2D eigenvalue weighted by Crippen LogP contribution is -2.55. The molecule has 1 N–H and O–H groups in total. The number of aryl methyl sites for hydroxylation is 1. The summed E-state index contributed by atoms with van der Waals surface area (Å²) in [6.45, 7) is 8.29. The third kappa shape index (κ3) is 4.20. The van der Waals surface area contributed by atoms with E-state index in [0.717, 1.165) is 75.4 Å². The van der Waals surface area contributed by atoms with Gasteiger partial charge in [0.1, 0.15) is 10.6 Å². The summed E-state index contributed by atoms with van der Waals surface area (Å²) in [6.07, 6.45) is 11.7. The fourth-order valence-corrected chi connectivity index (χ4v) is 7.57. The molecule has 1 saturated carbocycles. The first-order chi connectivity index (χ1) is 15.6. The number of morpholine rings is 1. The van der Waals surface area contributed by atoms with Gasteiger partial charge in [0.25, 0.3) is 0 Å². The third-order valence-corrected chi connectivity index (χ3v) is 9.49. The largest absolute Gasteiger partial charge is 0.490 e. The minimum Gasteiger partial charge on any atom is -0.490 e. The van der Waals surface area contributed by atoms with Crippen molar-refractivity contribution < 1.29 is 14.6 Å². The van der Waals surface area contributed by atoms with Crippen LogP contribution in [-0.2, 0) is 11.2 Å². The Labute approximate surface area is 196 Å². The molecule has 176 valence electrons. The van der Waals surface area contributed by atoms with Gasteiger partial charge >= 0.3 is 0 Å². The molecule has 3 heterocycles. The molecule has 0 radical (unpaired) electrons. The summed E-state index contributed by atoms with van der Waals surface area (Å²) < 4.78 is 12.3. The van der Waals surface area contributed by atoms with Gasteiger partial charge in [-0.15, -0.1) is 11.3 Å². The van der Waals surface area contributed by atoms with E-state index in [-0.39, 0.29) is 12.2 Å². The number of hydrogen-bond acceptors (Lipinski definition) is 6. The van der Waals surface area contributed by atoms with Crippen molar-refractivity contribution in [3.63, 3.8) is 0 Å². The van der Waals surface area contributed by atoms with Crippen LogP contribution in [0.15, 0.2) is 12.3 Å². The summed E-state index contributed by atoms with van der Waals surface area (Å²) in [7, 11) is 0. The SMILES string of the molecule is CC[C@H](O)C[C@H]1CCc2sc3nccc(O[C@H]4CC[C@](CC)(N5CCOCC5)CC4)c3c21. The van der Waals surface area contributed by atoms with E-state index in [9.17, 15) is 5.11 Å². The molecule has 3 aliphatic rings. The molecule has 32 heavy (non-hydrogen) atoms. The Kier molecular flexibility index (Phi) is 6.75. The van der Waals surface area contributed by atoms with Gasteiger partial charge in [-0.2, -0.15) is 0 Å². The van der Waals surface area contributed by atoms with E-state index in [2.05, 4.69) is 29.8 Å². The second-order valence-electron chi connectivity index (χ2n) is 9.96. The molecule has 0 bridgehead atoms. The number of nitrogens with zero attached hydrogens (tertiary/aromatic N) is 2. The summed E-state index contributed by atoms with van der Waals surface area (Å²) in [4.78, 5) is 9.94. The maximum absolute atomic E-state index is 10.3. The number of rotatable bonds is 7. The standard InChI is InChI=1S/C26H38N2O3S/c1-3-19(29)17-18-5-6-22-23(18)24-21(9-12-27-25(24)32-22)31-20-7-10-26(4-2,11-8-20)28-13-15-30-16-14-28/h9,12,18-20,29H,3-8,10-11,13-17H2,1-2H3/t18-,19+,20-,26-/m1/s1. The van der Waals surface area contributed by atoms with Crippen LogP contribution in [0.2, 0.25) is 0 Å². The molecule has 2 aromatic rings. The highest BCUT2D eigenvalue weighted by molar-refractivity contribution is 7.19. The van der Waals surface area contributed by atoms with E-state index in [0.29, 0.717) is 11.5 Å². The smallest absolute Gasteiger partial charge is 0.131 e. The molecule has 0 amide bonds. The number of fused-ring (bicyclic) bond motifs is 3. The first-order valence-electron chi connectivity index (χ1n) is 12.7. The summed E-state index contributed by atoms with van der Waals surface area (Å²) >= 11 is 1.83. The first kappa shape index (κ1) is 22.6. The van der Waals surface area contributed by atoms with Crippen molar-refractivity contribution in [3.05, 3.63) is 22.7 Å². The van der Waals surface area contributed by atoms with Crippen molar-refractivity contribution in [1.29, 1.82) is 0 Å². The van der Waals surface area contributed by atoms with E-state index >= 15 is 0 Å². The number of aliphatic hydroxyl groups excluding tert-OH is 1. The van der Waals surface area contributed by atoms with E-state index in [1.54, 1.807) is 0 Å². The van der Waals surface area contributed by atoms with Crippen LogP contribution in [0.5, 0.6) is 5.75 Å². The van der Waals surface area contributed by atoms with Crippen LogP contribution in [-0.4, -0.2) is 59.0 Å². The van der Waals surface area contributed by atoms with Crippen molar-refractivity contribution in [1.82, 2.24) is 9.88 Å². The number of pyridine rings is 1. The Bertz CT molecular complexity index is 915. The Hall–Kier alpha value is -1.21. The van der Waals surface area contributed by atoms with Crippen LogP contribution in [0.3, 0.4) is 0 Å². The van der Waals surface area contributed by atoms with Gasteiger partial charge in [-0.3, -0.25) is 4.90 Å². The normalized spacial score (nSPS) is 29.8. The molecule has 2 atom stereocenters. The Morgan fingerprint density at radius 2 is 2.03 bits per heavy atom. The fraction of sp³-hybridized carbons (Fsp3) is 0.731. The molecule has 5 nitrogen and oxygen atoms in total. The second-order valence-corrected chi connectivity index (χ2v) is 11.0. The lowest BCUT2D eigenvalue weighted by atomic mass is 9.77. The van der Waals surface area contributed by atoms with Crippen molar-refractivity contribution in [2.24, 2.45) is 0 Å². The molecule has 2 fully saturated rings. The molecule has 2 aromatic heterocycles. The molecular weight excluding hydrogens is 420 g/mol. The highest BCUT2D eigenvalue weighted by Crippen LogP contribution is 2.49. The second kappa shape index (κ2) is 9.57. The lowest BCUT2D eigenvalue weighted by molar-refractivity contribution is -0.0510. The molecule has 0 unspecified atom stereocenters. The molecule has 0 spiro atoms. The Morgan fingerprint density at radius 1 is 1.25 bits per heavy atom. The average molecular weight is 459 g/mol. The Balaban J connectivity index is 1.33. The predicted molar refractivity (Wildman–Crippen MR) is 130 cm³/mol. The monoisotopic (exact) mass is 458 g/mol. The molecule has 5 rings (SSSR count). The van der Waals surface area contributed by atoms with Crippen LogP contribution < -0.4 is 4.74 Å². The molecule has 0 aromatic carbocycles. The van der Waals surface area contributed by atoms with Crippen molar-refractivity contribution in [2.75, 3.05) is 26.3 Å². The van der Waals surface area contributed by atoms with E-state index in [1.807, 2.05) is 17.5 Å². The van der Waals surface area contributed by atoms with E-state index in [4.69, 9.17) is 9.47 Å². The van der Waals surface area contributed by atoms with Crippen LogP contribution in [0.25, 0.3) is 10.2 Å². The summed E-state index contributed by atoms with van der Waals surface area (Å²) in [5.74, 6) is 1.45. The molecule has 6 heteroatoms. The number of thiophene rings is 1. The van der Waals surface area contributed by atoms with Gasteiger partial charge in [0.15, 0.2) is 0 Å². The number of hydrogen-bond donors (Lipinski definition) is 1. The molecule has 1 saturated heterocycles. The average Bonchev–Trinajstić information content (AvgIpc) is 3.40. The van der Waals surface area contributed by atoms with Crippen molar-refractivity contribution in [3.8, 4) is 5.75 Å². The topological polar surface area (TPSA) is 54.8 Å². The highest BCUT2D eigenvalue weighted by Gasteiger charge is 2.40. The zero-order chi connectivity index (χ0) is 22.1. The van der Waals surface area contributed by atoms with Crippen LogP contribution >= 0.6 is 11.3 Å². The van der Waals surface area contributed by atoms with Gasteiger partial charge in [0, 0.05) is 29.7 Å². The van der Waals surface area contributed by atoms with Gasteiger partial charge in [-0.25, -0.2) is 4.98 Å². The maximum Gasteiger partial charge on any atom is 0.131 e. The molecule has 1 aliphatic heterocycles. The van der Waals surface area contributed by atoms with Crippen LogP contribution in [0.1, 0.15) is 81.6 Å². The summed E-state index contributed by atoms with van der Waals surface area (Å²) in [5.41, 5.74) is 1.75. The van der Waals surface area contributed by atoms with Gasteiger partial charge in [0.2, 0.25) is 0 Å². The maximum atomic E-state index is 10.3.